The van der Waals surface area contributed by atoms with Crippen LogP contribution in [-0.2, 0) is 11.2 Å². The summed E-state index contributed by atoms with van der Waals surface area (Å²) in [4.78, 5) is 10.5. The molecular formula is C13H14FN5O2. The van der Waals surface area contributed by atoms with Crippen LogP contribution in [0.5, 0.6) is 0 Å². The summed E-state index contributed by atoms with van der Waals surface area (Å²) in [6, 6.07) is 5.96. The lowest BCUT2D eigenvalue weighted by Gasteiger charge is -1.98. The monoisotopic (exact) mass is 291 g/mol. The van der Waals surface area contributed by atoms with Crippen molar-refractivity contribution in [2.24, 2.45) is 10.2 Å². The second-order valence-corrected chi connectivity index (χ2v) is 4.33. The van der Waals surface area contributed by atoms with Gasteiger partial charge in [-0.1, -0.05) is 12.1 Å². The van der Waals surface area contributed by atoms with Gasteiger partial charge in [-0.3, -0.25) is 9.89 Å². The topological polar surface area (TPSA) is 117 Å². The van der Waals surface area contributed by atoms with Crippen molar-refractivity contribution < 1.29 is 14.3 Å². The summed E-state index contributed by atoms with van der Waals surface area (Å²) in [5.74, 6) is -1.23. The van der Waals surface area contributed by atoms with Crippen molar-refractivity contribution >= 4 is 23.2 Å². The molecule has 7 nitrogen and oxygen atoms in total. The van der Waals surface area contributed by atoms with Crippen LogP contribution in [0.3, 0.4) is 0 Å². The number of nitrogens with two attached hydrogens (primary N) is 1. The Labute approximate surface area is 119 Å². The fourth-order valence-corrected chi connectivity index (χ4v) is 1.73. The molecular weight excluding hydrogens is 277 g/mol. The van der Waals surface area contributed by atoms with E-state index >= 15 is 0 Å². The summed E-state index contributed by atoms with van der Waals surface area (Å²) >= 11 is 0. The molecule has 1 heterocycles. The van der Waals surface area contributed by atoms with E-state index in [1.807, 2.05) is 0 Å². The zero-order valence-corrected chi connectivity index (χ0v) is 11.1. The van der Waals surface area contributed by atoms with Gasteiger partial charge in [-0.2, -0.15) is 5.10 Å². The predicted octanol–water partition coefficient (Wildman–Crippen LogP) is 2.95. The number of aliphatic carboxylic acids is 1. The molecule has 8 heteroatoms. The van der Waals surface area contributed by atoms with E-state index in [9.17, 15) is 9.18 Å². The Morgan fingerprint density at radius 2 is 2.14 bits per heavy atom. The SMILES string of the molecule is Nc1n[nH]c(CCCC(=O)O)c1N=Nc1ccccc1F. The molecule has 2 aromatic rings. The highest BCUT2D eigenvalue weighted by Gasteiger charge is 2.11. The highest BCUT2D eigenvalue weighted by molar-refractivity contribution is 5.66. The maximum absolute atomic E-state index is 13.4. The molecule has 1 aromatic carbocycles. The highest BCUT2D eigenvalue weighted by atomic mass is 19.1. The van der Waals surface area contributed by atoms with E-state index in [0.29, 0.717) is 24.2 Å². The van der Waals surface area contributed by atoms with Gasteiger partial charge in [-0.05, 0) is 25.0 Å². The van der Waals surface area contributed by atoms with E-state index in [2.05, 4.69) is 20.4 Å². The van der Waals surface area contributed by atoms with Crippen molar-refractivity contribution in [1.29, 1.82) is 0 Å². The van der Waals surface area contributed by atoms with Gasteiger partial charge in [0.25, 0.3) is 0 Å². The van der Waals surface area contributed by atoms with Crippen LogP contribution in [0, 0.1) is 5.82 Å². The van der Waals surface area contributed by atoms with E-state index in [0.717, 1.165) is 0 Å². The van der Waals surface area contributed by atoms with Crippen molar-refractivity contribution in [3.8, 4) is 0 Å². The second kappa shape index (κ2) is 6.60. The van der Waals surface area contributed by atoms with Gasteiger partial charge in [0, 0.05) is 6.42 Å². The number of nitrogen functional groups attached to an aromatic ring is 1. The fourth-order valence-electron chi connectivity index (χ4n) is 1.73. The number of carboxylic acid groups (broad SMARTS) is 1. The van der Waals surface area contributed by atoms with Gasteiger partial charge >= 0.3 is 5.97 Å². The predicted molar refractivity (Wildman–Crippen MR) is 74.1 cm³/mol. The number of rotatable bonds is 6. The Kier molecular flexibility index (Phi) is 4.60. The number of aromatic amines is 1. The third kappa shape index (κ3) is 3.85. The van der Waals surface area contributed by atoms with Gasteiger partial charge < -0.3 is 10.8 Å². The number of nitrogens with zero attached hydrogens (tertiary/aromatic N) is 3. The van der Waals surface area contributed by atoms with E-state index in [1.165, 1.54) is 12.1 Å². The Bertz CT molecular complexity index is 668. The Balaban J connectivity index is 2.14. The summed E-state index contributed by atoms with van der Waals surface area (Å²) in [5, 5.41) is 22.8. The third-order valence-corrected chi connectivity index (χ3v) is 2.77. The molecule has 0 bridgehead atoms. The van der Waals surface area contributed by atoms with E-state index in [-0.39, 0.29) is 17.9 Å². The van der Waals surface area contributed by atoms with Crippen LogP contribution < -0.4 is 5.73 Å². The number of benzene rings is 1. The molecule has 21 heavy (non-hydrogen) atoms. The van der Waals surface area contributed by atoms with Gasteiger partial charge in [0.1, 0.15) is 5.69 Å². The number of hydrogen-bond donors (Lipinski definition) is 3. The Morgan fingerprint density at radius 1 is 1.38 bits per heavy atom. The smallest absolute Gasteiger partial charge is 0.303 e. The lowest BCUT2D eigenvalue weighted by molar-refractivity contribution is -0.137. The molecule has 110 valence electrons. The fraction of sp³-hybridized carbons (Fsp3) is 0.231. The van der Waals surface area contributed by atoms with Crippen molar-refractivity contribution in [2.45, 2.75) is 19.3 Å². The number of carbonyl (C=O) groups is 1. The summed E-state index contributed by atoms with van der Waals surface area (Å²) in [6.07, 6.45) is 0.865. The molecule has 4 N–H and O–H groups in total. The maximum Gasteiger partial charge on any atom is 0.303 e. The van der Waals surface area contributed by atoms with Gasteiger partial charge in [0.2, 0.25) is 0 Å². The van der Waals surface area contributed by atoms with Crippen molar-refractivity contribution in [3.63, 3.8) is 0 Å². The molecule has 0 aliphatic rings. The molecule has 0 saturated carbocycles. The van der Waals surface area contributed by atoms with Gasteiger partial charge in [0.15, 0.2) is 17.3 Å². The first-order valence-electron chi connectivity index (χ1n) is 6.28. The molecule has 0 aliphatic heterocycles. The van der Waals surface area contributed by atoms with E-state index in [4.69, 9.17) is 10.8 Å². The molecule has 0 amide bonds. The number of hydrogen-bond acceptors (Lipinski definition) is 5. The van der Waals surface area contributed by atoms with Gasteiger partial charge in [-0.25, -0.2) is 4.39 Å². The second-order valence-electron chi connectivity index (χ2n) is 4.33. The Hall–Kier alpha value is -2.77. The van der Waals surface area contributed by atoms with Crippen LogP contribution in [0.15, 0.2) is 34.5 Å². The number of azo groups is 1. The van der Waals surface area contributed by atoms with Crippen LogP contribution in [0.25, 0.3) is 0 Å². The molecule has 2 rings (SSSR count). The average Bonchev–Trinajstić information content (AvgIpc) is 2.78. The van der Waals surface area contributed by atoms with Crippen molar-refractivity contribution in [1.82, 2.24) is 10.2 Å². The summed E-state index contributed by atoms with van der Waals surface area (Å²) in [7, 11) is 0. The summed E-state index contributed by atoms with van der Waals surface area (Å²) in [6.45, 7) is 0. The summed E-state index contributed by atoms with van der Waals surface area (Å²) < 4.78 is 13.4. The molecule has 1 aromatic heterocycles. The Morgan fingerprint density at radius 3 is 2.86 bits per heavy atom. The zero-order valence-electron chi connectivity index (χ0n) is 11.1. The van der Waals surface area contributed by atoms with Crippen LogP contribution in [-0.4, -0.2) is 21.3 Å². The molecule has 0 aliphatic carbocycles. The highest BCUT2D eigenvalue weighted by Crippen LogP contribution is 2.28. The normalized spacial score (nSPS) is 11.1. The number of aromatic nitrogens is 2. The number of halogens is 1. The number of aryl methyl sites for hydroxylation is 1. The van der Waals surface area contributed by atoms with E-state index < -0.39 is 11.8 Å². The van der Waals surface area contributed by atoms with Crippen LogP contribution in [0.1, 0.15) is 18.5 Å². The largest absolute Gasteiger partial charge is 0.481 e. The van der Waals surface area contributed by atoms with Crippen molar-refractivity contribution in [3.05, 3.63) is 35.8 Å². The third-order valence-electron chi connectivity index (χ3n) is 2.77. The molecule has 0 radical (unpaired) electrons. The lowest BCUT2D eigenvalue weighted by Crippen LogP contribution is -1.96. The van der Waals surface area contributed by atoms with Crippen LogP contribution >= 0.6 is 0 Å². The number of H-pyrrole nitrogens is 1. The van der Waals surface area contributed by atoms with Crippen LogP contribution in [0.4, 0.5) is 21.6 Å². The van der Waals surface area contributed by atoms with Crippen molar-refractivity contribution in [2.75, 3.05) is 5.73 Å². The molecule has 0 fully saturated rings. The number of anilines is 1. The minimum Gasteiger partial charge on any atom is -0.481 e. The minimum atomic E-state index is -0.878. The molecule has 0 atom stereocenters. The minimum absolute atomic E-state index is 0.0306. The molecule has 0 spiro atoms. The average molecular weight is 291 g/mol. The first-order valence-corrected chi connectivity index (χ1v) is 6.28. The van der Waals surface area contributed by atoms with E-state index in [1.54, 1.807) is 12.1 Å². The molecule has 0 unspecified atom stereocenters. The zero-order chi connectivity index (χ0) is 15.2. The van der Waals surface area contributed by atoms with Gasteiger partial charge in [-0.15, -0.1) is 10.2 Å². The van der Waals surface area contributed by atoms with Gasteiger partial charge in [0.05, 0.1) is 5.69 Å². The number of nitrogens with one attached hydrogen (secondary N) is 1. The first kappa shape index (κ1) is 14.6. The number of carboxylic acids is 1. The molecule has 0 saturated heterocycles. The first-order chi connectivity index (χ1) is 10.1. The van der Waals surface area contributed by atoms with Crippen LogP contribution in [0.2, 0.25) is 0 Å². The quantitative estimate of drug-likeness (QED) is 0.709. The maximum atomic E-state index is 13.4. The standard InChI is InChI=1S/C13H14FN5O2/c14-8-4-1-2-5-9(8)16-18-12-10(17-19-13(12)15)6-3-7-11(20)21/h1-2,4-5H,3,6-7H2,(H,20,21)(H3,15,17,19). The lowest BCUT2D eigenvalue weighted by atomic mass is 10.2. The summed E-state index contributed by atoms with van der Waals surface area (Å²) in [5.41, 5.74) is 6.65.